The number of halogens is 1. The zero-order chi connectivity index (χ0) is 10.8. The van der Waals surface area contributed by atoms with E-state index in [0.29, 0.717) is 11.3 Å². The first-order chi connectivity index (χ1) is 7.19. The van der Waals surface area contributed by atoms with E-state index < -0.39 is 0 Å². The number of nitrogens with two attached hydrogens (primary N) is 1. The van der Waals surface area contributed by atoms with Crippen molar-refractivity contribution in [2.75, 3.05) is 5.32 Å². The molecule has 0 atom stereocenters. The van der Waals surface area contributed by atoms with Crippen molar-refractivity contribution < 1.29 is 4.39 Å². The van der Waals surface area contributed by atoms with Crippen LogP contribution in [0.15, 0.2) is 18.2 Å². The number of nitrogens with one attached hydrogen (secondary N) is 1. The monoisotopic (exact) mass is 205 g/mol. The van der Waals surface area contributed by atoms with Crippen LogP contribution < -0.4 is 11.1 Å². The summed E-state index contributed by atoms with van der Waals surface area (Å²) in [5.74, 6) is -0.380. The van der Waals surface area contributed by atoms with Gasteiger partial charge in [0, 0.05) is 12.1 Å². The van der Waals surface area contributed by atoms with Crippen molar-refractivity contribution in [3.63, 3.8) is 0 Å². The average Bonchev–Trinajstić information content (AvgIpc) is 2.18. The van der Waals surface area contributed by atoms with Crippen molar-refractivity contribution in [1.29, 1.82) is 5.26 Å². The van der Waals surface area contributed by atoms with E-state index >= 15 is 0 Å². The molecule has 0 heterocycles. The van der Waals surface area contributed by atoms with Gasteiger partial charge in [0.1, 0.15) is 5.82 Å². The fourth-order valence-electron chi connectivity index (χ4n) is 1.70. The number of nitrogens with zero attached hydrogens (tertiary/aromatic N) is 1. The van der Waals surface area contributed by atoms with E-state index in [2.05, 4.69) is 5.32 Å². The normalized spacial score (nSPS) is 24.1. The van der Waals surface area contributed by atoms with Crippen LogP contribution in [0.5, 0.6) is 0 Å². The number of rotatable bonds is 2. The van der Waals surface area contributed by atoms with Gasteiger partial charge >= 0.3 is 0 Å². The van der Waals surface area contributed by atoms with Crippen LogP contribution in [0.4, 0.5) is 10.1 Å². The second-order valence-corrected chi connectivity index (χ2v) is 3.88. The molecule has 0 aromatic heterocycles. The van der Waals surface area contributed by atoms with E-state index in [1.165, 1.54) is 6.07 Å². The minimum atomic E-state index is -0.380. The first-order valence-electron chi connectivity index (χ1n) is 4.91. The maximum absolute atomic E-state index is 13.4. The number of nitriles is 1. The summed E-state index contributed by atoms with van der Waals surface area (Å²) in [6.45, 7) is 0. The Labute approximate surface area is 87.7 Å². The lowest BCUT2D eigenvalue weighted by Gasteiger charge is -2.33. The first kappa shape index (κ1) is 9.94. The fourth-order valence-corrected chi connectivity index (χ4v) is 1.70. The number of anilines is 1. The molecule has 0 spiro atoms. The molecular weight excluding hydrogens is 193 g/mol. The summed E-state index contributed by atoms with van der Waals surface area (Å²) in [4.78, 5) is 0. The molecule has 1 aromatic carbocycles. The van der Waals surface area contributed by atoms with Gasteiger partial charge in [0.15, 0.2) is 0 Å². The van der Waals surface area contributed by atoms with Gasteiger partial charge < -0.3 is 11.1 Å². The third-order valence-corrected chi connectivity index (χ3v) is 2.63. The molecule has 3 nitrogen and oxygen atoms in total. The average molecular weight is 205 g/mol. The van der Waals surface area contributed by atoms with Gasteiger partial charge in [0.05, 0.1) is 17.3 Å². The molecule has 2 rings (SSSR count). The third kappa shape index (κ3) is 2.08. The predicted molar refractivity (Wildman–Crippen MR) is 55.7 cm³/mol. The number of benzene rings is 1. The maximum atomic E-state index is 13.4. The van der Waals surface area contributed by atoms with E-state index in [1.807, 2.05) is 6.07 Å². The molecule has 1 fully saturated rings. The molecule has 0 amide bonds. The molecule has 15 heavy (non-hydrogen) atoms. The molecule has 1 saturated carbocycles. The molecule has 1 aliphatic rings. The highest BCUT2D eigenvalue weighted by molar-refractivity contribution is 5.49. The third-order valence-electron chi connectivity index (χ3n) is 2.63. The van der Waals surface area contributed by atoms with Gasteiger partial charge in [0.25, 0.3) is 0 Å². The van der Waals surface area contributed by atoms with E-state index in [4.69, 9.17) is 11.0 Å². The molecule has 0 saturated heterocycles. The molecule has 0 radical (unpaired) electrons. The summed E-state index contributed by atoms with van der Waals surface area (Å²) in [5.41, 5.74) is 6.42. The lowest BCUT2D eigenvalue weighted by atomic mass is 9.87. The molecule has 78 valence electrons. The molecule has 0 bridgehead atoms. The summed E-state index contributed by atoms with van der Waals surface area (Å²) >= 11 is 0. The zero-order valence-corrected chi connectivity index (χ0v) is 8.20. The van der Waals surface area contributed by atoms with Gasteiger partial charge in [-0.25, -0.2) is 4.39 Å². The molecule has 4 heteroatoms. The Bertz CT molecular complexity index is 405. The standard InChI is InChI=1S/C11H12FN3/c12-10-3-7(6-13)1-2-11(10)15-9-4-8(14)5-9/h1-3,8-9,15H,4-5,14H2. The Morgan fingerprint density at radius 2 is 2.20 bits per heavy atom. The molecule has 1 aromatic rings. The van der Waals surface area contributed by atoms with Crippen molar-refractivity contribution in [3.05, 3.63) is 29.6 Å². The summed E-state index contributed by atoms with van der Waals surface area (Å²) in [5, 5.41) is 11.6. The molecule has 0 aliphatic heterocycles. The second-order valence-electron chi connectivity index (χ2n) is 3.88. The maximum Gasteiger partial charge on any atom is 0.147 e. The van der Waals surface area contributed by atoms with Gasteiger partial charge in [-0.2, -0.15) is 5.26 Å². The van der Waals surface area contributed by atoms with Crippen LogP contribution in [0.1, 0.15) is 18.4 Å². The summed E-state index contributed by atoms with van der Waals surface area (Å²) in [7, 11) is 0. The Kier molecular flexibility index (Phi) is 2.57. The van der Waals surface area contributed by atoms with E-state index in [-0.39, 0.29) is 17.9 Å². The SMILES string of the molecule is N#Cc1ccc(NC2CC(N)C2)c(F)c1. The van der Waals surface area contributed by atoms with Gasteiger partial charge in [0.2, 0.25) is 0 Å². The highest BCUT2D eigenvalue weighted by atomic mass is 19.1. The first-order valence-corrected chi connectivity index (χ1v) is 4.91. The summed E-state index contributed by atoms with van der Waals surface area (Å²) in [6, 6.07) is 6.83. The second kappa shape index (κ2) is 3.87. The highest BCUT2D eigenvalue weighted by Gasteiger charge is 2.26. The van der Waals surface area contributed by atoms with Crippen molar-refractivity contribution >= 4 is 5.69 Å². The van der Waals surface area contributed by atoms with E-state index in [0.717, 1.165) is 12.8 Å². The predicted octanol–water partition coefficient (Wildman–Crippen LogP) is 1.60. The van der Waals surface area contributed by atoms with Gasteiger partial charge in [-0.05, 0) is 31.0 Å². The Morgan fingerprint density at radius 1 is 1.47 bits per heavy atom. The van der Waals surface area contributed by atoms with Crippen LogP contribution >= 0.6 is 0 Å². The molecule has 3 N–H and O–H groups in total. The number of hydrogen-bond acceptors (Lipinski definition) is 3. The van der Waals surface area contributed by atoms with Crippen LogP contribution in [0.25, 0.3) is 0 Å². The molecule has 0 unspecified atom stereocenters. The summed E-state index contributed by atoms with van der Waals surface area (Å²) in [6.07, 6.45) is 1.75. The van der Waals surface area contributed by atoms with E-state index in [1.54, 1.807) is 12.1 Å². The van der Waals surface area contributed by atoms with Crippen molar-refractivity contribution in [2.45, 2.75) is 24.9 Å². The Morgan fingerprint density at radius 3 is 2.73 bits per heavy atom. The van der Waals surface area contributed by atoms with E-state index in [9.17, 15) is 4.39 Å². The highest BCUT2D eigenvalue weighted by Crippen LogP contribution is 2.24. The minimum Gasteiger partial charge on any atom is -0.380 e. The van der Waals surface area contributed by atoms with Gasteiger partial charge in [-0.15, -0.1) is 0 Å². The van der Waals surface area contributed by atoms with Crippen LogP contribution in [0.2, 0.25) is 0 Å². The minimum absolute atomic E-state index is 0.240. The van der Waals surface area contributed by atoms with Crippen LogP contribution in [-0.2, 0) is 0 Å². The fraction of sp³-hybridized carbons (Fsp3) is 0.364. The van der Waals surface area contributed by atoms with Crippen molar-refractivity contribution in [3.8, 4) is 6.07 Å². The summed E-state index contributed by atoms with van der Waals surface area (Å²) < 4.78 is 13.4. The lowest BCUT2D eigenvalue weighted by Crippen LogP contribution is -2.44. The van der Waals surface area contributed by atoms with Crippen LogP contribution in [0.3, 0.4) is 0 Å². The van der Waals surface area contributed by atoms with Crippen LogP contribution in [0, 0.1) is 17.1 Å². The van der Waals surface area contributed by atoms with Crippen molar-refractivity contribution in [2.24, 2.45) is 5.73 Å². The quantitative estimate of drug-likeness (QED) is 0.770. The van der Waals surface area contributed by atoms with Gasteiger partial charge in [-0.1, -0.05) is 0 Å². The van der Waals surface area contributed by atoms with Crippen LogP contribution in [-0.4, -0.2) is 12.1 Å². The Hall–Kier alpha value is -1.60. The lowest BCUT2D eigenvalue weighted by molar-refractivity contribution is 0.372. The number of hydrogen-bond donors (Lipinski definition) is 2. The van der Waals surface area contributed by atoms with Gasteiger partial charge in [-0.3, -0.25) is 0 Å². The molecular formula is C11H12FN3. The van der Waals surface area contributed by atoms with Crippen molar-refractivity contribution in [1.82, 2.24) is 0 Å². The molecule has 1 aliphatic carbocycles. The zero-order valence-electron chi connectivity index (χ0n) is 8.20. The Balaban J connectivity index is 2.06. The topological polar surface area (TPSA) is 61.8 Å². The smallest absolute Gasteiger partial charge is 0.147 e. The largest absolute Gasteiger partial charge is 0.380 e.